The maximum absolute atomic E-state index is 10.9. The quantitative estimate of drug-likeness (QED) is 0.637. The van der Waals surface area contributed by atoms with Crippen LogP contribution in [0.2, 0.25) is 0 Å². The highest BCUT2D eigenvalue weighted by atomic mass is 16.4. The van der Waals surface area contributed by atoms with E-state index in [-0.39, 0.29) is 0 Å². The smallest absolute Gasteiger partial charge is 0.408 e. The molecule has 0 spiro atoms. The number of oxazole rings is 1. The summed E-state index contributed by atoms with van der Waals surface area (Å²) in [5, 5.41) is 0. The van der Waals surface area contributed by atoms with Crippen LogP contribution in [-0.4, -0.2) is 4.57 Å². The fraction of sp³-hybridized carbons (Fsp3) is 0.125. The van der Waals surface area contributed by atoms with E-state index in [0.29, 0.717) is 11.5 Å². The Balaban J connectivity index is 3.49. The van der Waals surface area contributed by atoms with Crippen molar-refractivity contribution >= 4 is 12.2 Å². The van der Waals surface area contributed by atoms with Crippen molar-refractivity contribution < 1.29 is 4.42 Å². The zero-order valence-corrected chi connectivity index (χ0v) is 6.33. The van der Waals surface area contributed by atoms with Crippen LogP contribution in [0.5, 0.6) is 0 Å². The summed E-state index contributed by atoms with van der Waals surface area (Å²) in [6.45, 7) is 7.05. The fourth-order valence-electron chi connectivity index (χ4n) is 0.862. The van der Waals surface area contributed by atoms with Crippen molar-refractivity contribution in [2.24, 2.45) is 7.05 Å². The second kappa shape index (κ2) is 2.62. The minimum atomic E-state index is -0.394. The molecule has 3 heteroatoms. The molecule has 0 fully saturated rings. The molecular formula is C8H9NO2. The Morgan fingerprint density at radius 3 is 2.45 bits per heavy atom. The van der Waals surface area contributed by atoms with Crippen LogP contribution in [-0.2, 0) is 7.05 Å². The largest absolute Gasteiger partial charge is 0.419 e. The first kappa shape index (κ1) is 7.60. The molecule has 0 aromatic carbocycles. The third-order valence-corrected chi connectivity index (χ3v) is 1.46. The van der Waals surface area contributed by atoms with E-state index in [1.165, 1.54) is 10.6 Å². The Hall–Kier alpha value is -1.51. The van der Waals surface area contributed by atoms with Gasteiger partial charge in [-0.05, 0) is 12.2 Å². The minimum Gasteiger partial charge on any atom is -0.408 e. The molecule has 0 N–H and O–H groups in total. The van der Waals surface area contributed by atoms with Crippen LogP contribution in [0.4, 0.5) is 0 Å². The molecule has 11 heavy (non-hydrogen) atoms. The summed E-state index contributed by atoms with van der Waals surface area (Å²) in [5.41, 5.74) is 0.657. The van der Waals surface area contributed by atoms with Crippen LogP contribution in [0.15, 0.2) is 22.4 Å². The average molecular weight is 151 g/mol. The Labute approximate surface area is 64.3 Å². The first-order valence-corrected chi connectivity index (χ1v) is 3.15. The fourth-order valence-corrected chi connectivity index (χ4v) is 0.862. The van der Waals surface area contributed by atoms with Crippen molar-refractivity contribution in [3.63, 3.8) is 0 Å². The van der Waals surface area contributed by atoms with Crippen LogP contribution < -0.4 is 5.76 Å². The lowest BCUT2D eigenvalue weighted by Crippen LogP contribution is -2.09. The van der Waals surface area contributed by atoms with E-state index in [4.69, 9.17) is 4.42 Å². The Morgan fingerprint density at radius 2 is 2.09 bits per heavy atom. The van der Waals surface area contributed by atoms with Crippen LogP contribution in [0, 0.1) is 0 Å². The molecule has 1 rings (SSSR count). The monoisotopic (exact) mass is 151 g/mol. The van der Waals surface area contributed by atoms with Gasteiger partial charge in [-0.3, -0.25) is 4.57 Å². The van der Waals surface area contributed by atoms with Gasteiger partial charge in [0.15, 0.2) is 5.76 Å². The Bertz CT molecular complexity index is 343. The van der Waals surface area contributed by atoms with Crippen LogP contribution in [0.25, 0.3) is 12.2 Å². The maximum Gasteiger partial charge on any atom is 0.419 e. The second-order valence-electron chi connectivity index (χ2n) is 2.08. The van der Waals surface area contributed by atoms with E-state index in [2.05, 4.69) is 13.2 Å². The zero-order chi connectivity index (χ0) is 8.43. The van der Waals surface area contributed by atoms with Crippen LogP contribution in [0.3, 0.4) is 0 Å². The number of hydrogen-bond donors (Lipinski definition) is 0. The number of hydrogen-bond acceptors (Lipinski definition) is 2. The molecule has 0 saturated carbocycles. The summed E-state index contributed by atoms with van der Waals surface area (Å²) in [5.74, 6) is 0.0716. The summed E-state index contributed by atoms with van der Waals surface area (Å²) >= 11 is 0. The van der Waals surface area contributed by atoms with E-state index < -0.39 is 5.76 Å². The Morgan fingerprint density at radius 1 is 1.45 bits per heavy atom. The lowest BCUT2D eigenvalue weighted by Gasteiger charge is -1.90. The van der Waals surface area contributed by atoms with Gasteiger partial charge < -0.3 is 4.42 Å². The zero-order valence-electron chi connectivity index (χ0n) is 6.33. The van der Waals surface area contributed by atoms with E-state index in [0.717, 1.165) is 0 Å². The van der Waals surface area contributed by atoms with Gasteiger partial charge >= 0.3 is 5.76 Å². The minimum absolute atomic E-state index is 0.394. The maximum atomic E-state index is 10.9. The van der Waals surface area contributed by atoms with Crippen LogP contribution >= 0.6 is 0 Å². The molecule has 1 heterocycles. The van der Waals surface area contributed by atoms with Gasteiger partial charge in [0.1, 0.15) is 0 Å². The van der Waals surface area contributed by atoms with Crippen molar-refractivity contribution in [2.45, 2.75) is 0 Å². The van der Waals surface area contributed by atoms with Gasteiger partial charge in [-0.15, -0.1) is 0 Å². The predicted octanol–water partition coefficient (Wildman–Crippen LogP) is 1.26. The average Bonchev–Trinajstić information content (AvgIpc) is 2.28. The van der Waals surface area contributed by atoms with Gasteiger partial charge in [-0.2, -0.15) is 0 Å². The van der Waals surface area contributed by atoms with Crippen molar-refractivity contribution in [3.05, 3.63) is 35.2 Å². The van der Waals surface area contributed by atoms with Gasteiger partial charge in [0, 0.05) is 7.05 Å². The molecule has 1 aromatic heterocycles. The van der Waals surface area contributed by atoms with Crippen molar-refractivity contribution in [1.82, 2.24) is 4.57 Å². The highest BCUT2D eigenvalue weighted by Crippen LogP contribution is 2.07. The lowest BCUT2D eigenvalue weighted by atomic mass is 10.3. The van der Waals surface area contributed by atoms with E-state index >= 15 is 0 Å². The summed E-state index contributed by atoms with van der Waals surface area (Å²) < 4.78 is 6.18. The van der Waals surface area contributed by atoms with Gasteiger partial charge in [0.25, 0.3) is 0 Å². The molecule has 0 aliphatic heterocycles. The molecular weight excluding hydrogens is 142 g/mol. The SMILES string of the molecule is C=Cc1oc(=O)n(C)c1C=C. The second-order valence-corrected chi connectivity index (χ2v) is 2.08. The Kier molecular flexibility index (Phi) is 1.81. The van der Waals surface area contributed by atoms with E-state index in [9.17, 15) is 4.79 Å². The summed E-state index contributed by atoms with van der Waals surface area (Å²) in [4.78, 5) is 10.9. The van der Waals surface area contributed by atoms with E-state index in [1.807, 2.05) is 0 Å². The van der Waals surface area contributed by atoms with Crippen molar-refractivity contribution in [1.29, 1.82) is 0 Å². The molecule has 1 aromatic rings. The first-order chi connectivity index (χ1) is 5.20. The standard InChI is InChI=1S/C8H9NO2/c1-4-6-7(5-2)11-8(10)9(6)3/h4-5H,1-2H2,3H3. The summed E-state index contributed by atoms with van der Waals surface area (Å²) in [7, 11) is 1.62. The van der Waals surface area contributed by atoms with Gasteiger partial charge in [0.2, 0.25) is 0 Å². The van der Waals surface area contributed by atoms with Gasteiger partial charge in [-0.25, -0.2) is 4.79 Å². The molecule has 0 bridgehead atoms. The third-order valence-electron chi connectivity index (χ3n) is 1.46. The molecule has 58 valence electrons. The predicted molar refractivity (Wildman–Crippen MR) is 44.1 cm³/mol. The molecule has 0 unspecified atom stereocenters. The molecule has 0 amide bonds. The molecule has 0 atom stereocenters. The molecule has 0 aliphatic carbocycles. The number of rotatable bonds is 2. The number of aromatic nitrogens is 1. The third kappa shape index (κ3) is 1.05. The van der Waals surface area contributed by atoms with E-state index in [1.54, 1.807) is 13.1 Å². The summed E-state index contributed by atoms with van der Waals surface area (Å²) in [6, 6.07) is 0. The lowest BCUT2D eigenvalue weighted by molar-refractivity contribution is 0.488. The normalized spacial score (nSPS) is 9.55. The highest BCUT2D eigenvalue weighted by molar-refractivity contribution is 5.55. The molecule has 0 aliphatic rings. The topological polar surface area (TPSA) is 35.1 Å². The first-order valence-electron chi connectivity index (χ1n) is 3.15. The molecule has 0 radical (unpaired) electrons. The summed E-state index contributed by atoms with van der Waals surface area (Å²) in [6.07, 6.45) is 3.04. The molecule has 0 saturated heterocycles. The van der Waals surface area contributed by atoms with Crippen LogP contribution in [0.1, 0.15) is 11.5 Å². The highest BCUT2D eigenvalue weighted by Gasteiger charge is 2.06. The number of nitrogens with zero attached hydrogens (tertiary/aromatic N) is 1. The molecule has 3 nitrogen and oxygen atoms in total. The van der Waals surface area contributed by atoms with Crippen molar-refractivity contribution in [3.8, 4) is 0 Å². The van der Waals surface area contributed by atoms with Gasteiger partial charge in [-0.1, -0.05) is 13.2 Å². The van der Waals surface area contributed by atoms with Gasteiger partial charge in [0.05, 0.1) is 5.69 Å². The van der Waals surface area contributed by atoms with Crippen molar-refractivity contribution in [2.75, 3.05) is 0 Å².